The first-order valence-electron chi connectivity index (χ1n) is 8.68. The summed E-state index contributed by atoms with van der Waals surface area (Å²) in [6.07, 6.45) is 3.90. The summed E-state index contributed by atoms with van der Waals surface area (Å²) in [5.74, 6) is 0.150. The minimum atomic E-state index is 0.116. The molecular formula is C19H25N3OS. The van der Waals surface area contributed by atoms with Gasteiger partial charge in [0.05, 0.1) is 11.2 Å². The van der Waals surface area contributed by atoms with Gasteiger partial charge in [0.25, 0.3) is 0 Å². The molecule has 0 aliphatic carbocycles. The van der Waals surface area contributed by atoms with E-state index in [9.17, 15) is 4.79 Å². The van der Waals surface area contributed by atoms with Crippen molar-refractivity contribution in [1.29, 1.82) is 0 Å². The Morgan fingerprint density at radius 2 is 2.08 bits per heavy atom. The molecule has 0 spiro atoms. The van der Waals surface area contributed by atoms with Crippen LogP contribution in [0.3, 0.4) is 0 Å². The number of hydrogen-bond acceptors (Lipinski definition) is 4. The molecule has 1 saturated heterocycles. The Morgan fingerprint density at radius 1 is 1.25 bits per heavy atom. The van der Waals surface area contributed by atoms with Crippen LogP contribution in [0.25, 0.3) is 0 Å². The highest BCUT2D eigenvalue weighted by atomic mass is 32.1. The standard InChI is InChI=1S/C19H25N3OS/c1-15-18(24-14-21-15)13-22-11-7-3-6-10-20-19(23)12-17(22)16-8-4-2-5-9-16/h2,4-5,8-9,14,17H,3,6-7,10-13H2,1H3,(H,20,23). The molecule has 128 valence electrons. The van der Waals surface area contributed by atoms with Crippen molar-refractivity contribution in [1.82, 2.24) is 15.2 Å². The Labute approximate surface area is 147 Å². The van der Waals surface area contributed by atoms with Gasteiger partial charge in [-0.3, -0.25) is 9.69 Å². The van der Waals surface area contributed by atoms with Crippen LogP contribution in [-0.4, -0.2) is 28.9 Å². The van der Waals surface area contributed by atoms with E-state index in [4.69, 9.17) is 0 Å². The summed E-state index contributed by atoms with van der Waals surface area (Å²) in [7, 11) is 0. The topological polar surface area (TPSA) is 45.2 Å². The van der Waals surface area contributed by atoms with Gasteiger partial charge in [-0.25, -0.2) is 4.98 Å². The highest BCUT2D eigenvalue weighted by molar-refractivity contribution is 7.09. The van der Waals surface area contributed by atoms with Gasteiger partial charge in [-0.05, 0) is 31.9 Å². The third-order valence-corrected chi connectivity index (χ3v) is 5.56. The summed E-state index contributed by atoms with van der Waals surface area (Å²) in [5, 5.41) is 3.07. The second-order valence-electron chi connectivity index (χ2n) is 6.37. The number of nitrogens with one attached hydrogen (secondary N) is 1. The molecule has 1 aliphatic rings. The summed E-state index contributed by atoms with van der Waals surface area (Å²) in [6.45, 7) is 4.75. The van der Waals surface area contributed by atoms with Crippen molar-refractivity contribution in [3.8, 4) is 0 Å². The number of hydrogen-bond donors (Lipinski definition) is 1. The first-order valence-corrected chi connectivity index (χ1v) is 9.56. The molecule has 4 nitrogen and oxygen atoms in total. The van der Waals surface area contributed by atoms with E-state index in [0.717, 1.165) is 44.6 Å². The molecule has 24 heavy (non-hydrogen) atoms. The average Bonchev–Trinajstić information content (AvgIpc) is 3.00. The third kappa shape index (κ3) is 4.42. The second kappa shape index (κ2) is 8.40. The lowest BCUT2D eigenvalue weighted by atomic mass is 10.00. The van der Waals surface area contributed by atoms with Crippen molar-refractivity contribution in [3.05, 3.63) is 52.0 Å². The van der Waals surface area contributed by atoms with E-state index < -0.39 is 0 Å². The second-order valence-corrected chi connectivity index (χ2v) is 7.31. The number of nitrogens with zero attached hydrogens (tertiary/aromatic N) is 2. The van der Waals surface area contributed by atoms with Gasteiger partial charge < -0.3 is 5.32 Å². The van der Waals surface area contributed by atoms with Crippen LogP contribution in [0.4, 0.5) is 0 Å². The van der Waals surface area contributed by atoms with Gasteiger partial charge in [-0.2, -0.15) is 0 Å². The van der Waals surface area contributed by atoms with Gasteiger partial charge >= 0.3 is 0 Å². The number of thiazole rings is 1. The predicted octanol–water partition coefficient (Wildman–Crippen LogP) is 3.69. The van der Waals surface area contributed by atoms with E-state index in [1.165, 1.54) is 10.4 Å². The zero-order valence-corrected chi connectivity index (χ0v) is 15.0. The molecule has 1 aliphatic heterocycles. The van der Waals surface area contributed by atoms with Crippen LogP contribution in [0.1, 0.15) is 47.9 Å². The lowest BCUT2D eigenvalue weighted by Gasteiger charge is -2.32. The van der Waals surface area contributed by atoms with Gasteiger partial charge in [0.1, 0.15) is 0 Å². The Kier molecular flexibility index (Phi) is 5.99. The first kappa shape index (κ1) is 17.1. The highest BCUT2D eigenvalue weighted by Crippen LogP contribution is 2.29. The fourth-order valence-corrected chi connectivity index (χ4v) is 4.03. The Bertz CT molecular complexity index is 656. The molecule has 2 aromatic rings. The number of aromatic nitrogens is 1. The number of aryl methyl sites for hydroxylation is 1. The van der Waals surface area contributed by atoms with Crippen LogP contribution in [0.5, 0.6) is 0 Å². The maximum absolute atomic E-state index is 12.4. The minimum absolute atomic E-state index is 0.116. The molecule has 0 bridgehead atoms. The molecule has 1 aromatic carbocycles. The molecule has 0 radical (unpaired) electrons. The lowest BCUT2D eigenvalue weighted by Crippen LogP contribution is -2.35. The zero-order chi connectivity index (χ0) is 16.8. The fraction of sp³-hybridized carbons (Fsp3) is 0.474. The molecule has 2 heterocycles. The fourth-order valence-electron chi connectivity index (χ4n) is 3.23. The summed E-state index contributed by atoms with van der Waals surface area (Å²) in [4.78, 5) is 20.5. The number of rotatable bonds is 3. The van der Waals surface area contributed by atoms with Crippen molar-refractivity contribution in [2.75, 3.05) is 13.1 Å². The summed E-state index contributed by atoms with van der Waals surface area (Å²) in [6, 6.07) is 10.5. The van der Waals surface area contributed by atoms with Crippen molar-refractivity contribution in [3.63, 3.8) is 0 Å². The normalized spacial score (nSPS) is 20.5. The third-order valence-electron chi connectivity index (χ3n) is 4.64. The highest BCUT2D eigenvalue weighted by Gasteiger charge is 2.25. The largest absolute Gasteiger partial charge is 0.356 e. The van der Waals surface area contributed by atoms with Crippen LogP contribution >= 0.6 is 11.3 Å². The van der Waals surface area contributed by atoms with Crippen LogP contribution in [0, 0.1) is 6.92 Å². The lowest BCUT2D eigenvalue weighted by molar-refractivity contribution is -0.122. The first-order chi connectivity index (χ1) is 11.7. The number of carbonyl (C=O) groups is 1. The number of carbonyl (C=O) groups excluding carboxylic acids is 1. The van der Waals surface area contributed by atoms with Crippen molar-refractivity contribution < 1.29 is 4.79 Å². The molecule has 1 atom stereocenters. The van der Waals surface area contributed by atoms with Gasteiger partial charge in [0, 0.05) is 30.4 Å². The summed E-state index contributed by atoms with van der Waals surface area (Å²) in [5.41, 5.74) is 4.24. The van der Waals surface area contributed by atoms with Crippen molar-refractivity contribution in [2.45, 2.75) is 45.2 Å². The monoisotopic (exact) mass is 343 g/mol. The van der Waals surface area contributed by atoms with Gasteiger partial charge in [-0.1, -0.05) is 36.8 Å². The molecule has 3 rings (SSSR count). The number of amides is 1. The van der Waals surface area contributed by atoms with Crippen LogP contribution in [-0.2, 0) is 11.3 Å². The zero-order valence-electron chi connectivity index (χ0n) is 14.2. The molecule has 1 aromatic heterocycles. The Balaban J connectivity index is 1.87. The molecule has 1 fully saturated rings. The number of benzene rings is 1. The van der Waals surface area contributed by atoms with Crippen LogP contribution < -0.4 is 5.32 Å². The van der Waals surface area contributed by atoms with E-state index >= 15 is 0 Å². The molecule has 1 N–H and O–H groups in total. The van der Waals surface area contributed by atoms with E-state index in [-0.39, 0.29) is 11.9 Å². The van der Waals surface area contributed by atoms with Crippen LogP contribution in [0.2, 0.25) is 0 Å². The average molecular weight is 343 g/mol. The summed E-state index contributed by atoms with van der Waals surface area (Å²) < 4.78 is 0. The van der Waals surface area contributed by atoms with E-state index in [0.29, 0.717) is 6.42 Å². The van der Waals surface area contributed by atoms with E-state index in [1.807, 2.05) is 11.6 Å². The van der Waals surface area contributed by atoms with Crippen molar-refractivity contribution in [2.24, 2.45) is 0 Å². The van der Waals surface area contributed by atoms with Crippen LogP contribution in [0.15, 0.2) is 35.8 Å². The van der Waals surface area contributed by atoms with E-state index in [2.05, 4.69) is 46.4 Å². The minimum Gasteiger partial charge on any atom is -0.356 e. The Morgan fingerprint density at radius 3 is 2.83 bits per heavy atom. The maximum Gasteiger partial charge on any atom is 0.221 e. The van der Waals surface area contributed by atoms with Crippen molar-refractivity contribution >= 4 is 17.2 Å². The SMILES string of the molecule is Cc1ncsc1CN1CCCCCNC(=O)CC1c1ccccc1. The van der Waals surface area contributed by atoms with Gasteiger partial charge in [0.2, 0.25) is 5.91 Å². The molecule has 5 heteroatoms. The van der Waals surface area contributed by atoms with Gasteiger partial charge in [0.15, 0.2) is 0 Å². The summed E-state index contributed by atoms with van der Waals surface area (Å²) >= 11 is 1.71. The predicted molar refractivity (Wildman–Crippen MR) is 97.9 cm³/mol. The van der Waals surface area contributed by atoms with E-state index in [1.54, 1.807) is 11.3 Å². The van der Waals surface area contributed by atoms with Gasteiger partial charge in [-0.15, -0.1) is 11.3 Å². The molecule has 1 unspecified atom stereocenters. The smallest absolute Gasteiger partial charge is 0.221 e. The Hall–Kier alpha value is -1.72. The molecular weight excluding hydrogens is 318 g/mol. The quantitative estimate of drug-likeness (QED) is 0.924. The molecule has 1 amide bonds. The molecule has 0 saturated carbocycles. The maximum atomic E-state index is 12.4.